The summed E-state index contributed by atoms with van der Waals surface area (Å²) in [5.74, 6) is -0.0717. The fourth-order valence-corrected chi connectivity index (χ4v) is 2.32. The Bertz CT molecular complexity index is 990. The SMILES string of the molecule is CC(C)(C)NC(=O)c1cnn2ccc(Nc3ccnc(C(F)(F)F)c3)nc12. The highest BCUT2D eigenvalue weighted by atomic mass is 19.4. The van der Waals surface area contributed by atoms with Crippen LogP contribution in [0.2, 0.25) is 0 Å². The van der Waals surface area contributed by atoms with Crippen LogP contribution < -0.4 is 10.6 Å². The Balaban J connectivity index is 1.91. The third-order valence-corrected chi connectivity index (χ3v) is 3.43. The van der Waals surface area contributed by atoms with Gasteiger partial charge in [-0.05, 0) is 39.0 Å². The van der Waals surface area contributed by atoms with Crippen molar-refractivity contribution in [3.05, 3.63) is 48.0 Å². The molecule has 0 aliphatic carbocycles. The van der Waals surface area contributed by atoms with Gasteiger partial charge in [-0.15, -0.1) is 0 Å². The zero-order valence-corrected chi connectivity index (χ0v) is 14.8. The lowest BCUT2D eigenvalue weighted by Gasteiger charge is -2.19. The van der Waals surface area contributed by atoms with E-state index in [1.165, 1.54) is 16.8 Å². The molecule has 0 aliphatic rings. The second-order valence-electron chi connectivity index (χ2n) is 6.90. The first kappa shape index (κ1) is 18.6. The summed E-state index contributed by atoms with van der Waals surface area (Å²) in [6.45, 7) is 5.54. The van der Waals surface area contributed by atoms with Gasteiger partial charge in [0.05, 0.1) is 6.20 Å². The molecule has 0 atom stereocenters. The highest BCUT2D eigenvalue weighted by Gasteiger charge is 2.32. The van der Waals surface area contributed by atoms with Gasteiger partial charge in [0.1, 0.15) is 17.1 Å². The van der Waals surface area contributed by atoms with E-state index in [4.69, 9.17) is 0 Å². The van der Waals surface area contributed by atoms with Gasteiger partial charge in [-0.3, -0.25) is 9.78 Å². The van der Waals surface area contributed by atoms with Gasteiger partial charge in [0, 0.05) is 23.6 Å². The first-order valence-corrected chi connectivity index (χ1v) is 8.00. The summed E-state index contributed by atoms with van der Waals surface area (Å²) in [5, 5.41) is 9.68. The maximum atomic E-state index is 12.8. The summed E-state index contributed by atoms with van der Waals surface area (Å²) in [6.07, 6.45) is -0.533. The molecule has 0 bridgehead atoms. The maximum absolute atomic E-state index is 12.8. The van der Waals surface area contributed by atoms with Gasteiger partial charge in [-0.1, -0.05) is 0 Å². The molecule has 7 nitrogen and oxygen atoms in total. The predicted octanol–water partition coefficient (Wildman–Crippen LogP) is 3.42. The Morgan fingerprint density at radius 3 is 2.59 bits per heavy atom. The van der Waals surface area contributed by atoms with Crippen LogP contribution >= 0.6 is 0 Å². The molecular formula is C17H17F3N6O. The Morgan fingerprint density at radius 2 is 1.93 bits per heavy atom. The van der Waals surface area contributed by atoms with E-state index >= 15 is 0 Å². The third kappa shape index (κ3) is 4.33. The molecule has 3 rings (SSSR count). The molecule has 2 N–H and O–H groups in total. The van der Waals surface area contributed by atoms with E-state index in [0.29, 0.717) is 0 Å². The van der Waals surface area contributed by atoms with E-state index in [2.05, 4.69) is 25.7 Å². The number of alkyl halides is 3. The zero-order chi connectivity index (χ0) is 19.8. The smallest absolute Gasteiger partial charge is 0.347 e. The summed E-state index contributed by atoms with van der Waals surface area (Å²) in [4.78, 5) is 20.0. The van der Waals surface area contributed by atoms with E-state index in [1.54, 1.807) is 12.3 Å². The minimum Gasteiger partial charge on any atom is -0.347 e. The van der Waals surface area contributed by atoms with Crippen LogP contribution in [0, 0.1) is 0 Å². The average Bonchev–Trinajstić information content (AvgIpc) is 2.96. The lowest BCUT2D eigenvalue weighted by atomic mass is 10.1. The van der Waals surface area contributed by atoms with E-state index in [1.807, 2.05) is 20.8 Å². The van der Waals surface area contributed by atoms with Crippen LogP contribution in [0.15, 0.2) is 36.8 Å². The molecule has 0 radical (unpaired) electrons. The molecule has 142 valence electrons. The fraction of sp³-hybridized carbons (Fsp3) is 0.294. The van der Waals surface area contributed by atoms with Crippen LogP contribution in [0.25, 0.3) is 5.65 Å². The van der Waals surface area contributed by atoms with Gasteiger partial charge in [0.2, 0.25) is 0 Å². The van der Waals surface area contributed by atoms with Crippen molar-refractivity contribution in [1.82, 2.24) is 24.9 Å². The predicted molar refractivity (Wildman–Crippen MR) is 92.7 cm³/mol. The number of carbonyl (C=O) groups excluding carboxylic acids is 1. The maximum Gasteiger partial charge on any atom is 0.433 e. The molecule has 3 aromatic rings. The Morgan fingerprint density at radius 1 is 1.19 bits per heavy atom. The first-order valence-electron chi connectivity index (χ1n) is 8.00. The van der Waals surface area contributed by atoms with Crippen LogP contribution in [0.3, 0.4) is 0 Å². The zero-order valence-electron chi connectivity index (χ0n) is 14.8. The third-order valence-electron chi connectivity index (χ3n) is 3.43. The van der Waals surface area contributed by atoms with Gasteiger partial charge in [-0.25, -0.2) is 9.50 Å². The topological polar surface area (TPSA) is 84.2 Å². The van der Waals surface area contributed by atoms with Gasteiger partial charge in [0.25, 0.3) is 5.91 Å². The van der Waals surface area contributed by atoms with E-state index < -0.39 is 17.4 Å². The highest BCUT2D eigenvalue weighted by Crippen LogP contribution is 2.29. The summed E-state index contributed by atoms with van der Waals surface area (Å²) in [7, 11) is 0. The van der Waals surface area contributed by atoms with Crippen LogP contribution in [0.4, 0.5) is 24.7 Å². The number of halogens is 3. The van der Waals surface area contributed by atoms with Crippen molar-refractivity contribution in [1.29, 1.82) is 0 Å². The molecule has 0 spiro atoms. The molecule has 3 aromatic heterocycles. The normalized spacial score (nSPS) is 12.2. The van der Waals surface area contributed by atoms with Gasteiger partial charge >= 0.3 is 6.18 Å². The number of aromatic nitrogens is 4. The lowest BCUT2D eigenvalue weighted by molar-refractivity contribution is -0.141. The molecule has 0 aliphatic heterocycles. The quantitative estimate of drug-likeness (QED) is 0.730. The minimum absolute atomic E-state index is 0.175. The van der Waals surface area contributed by atoms with Crippen LogP contribution in [0.5, 0.6) is 0 Å². The van der Waals surface area contributed by atoms with Gasteiger partial charge in [0.15, 0.2) is 5.65 Å². The molecule has 3 heterocycles. The molecule has 10 heteroatoms. The van der Waals surface area contributed by atoms with E-state index in [9.17, 15) is 18.0 Å². The molecule has 0 fully saturated rings. The van der Waals surface area contributed by atoms with Crippen molar-refractivity contribution in [3.63, 3.8) is 0 Å². The van der Waals surface area contributed by atoms with Crippen molar-refractivity contribution in [3.8, 4) is 0 Å². The Labute approximate surface area is 152 Å². The second kappa shape index (κ2) is 6.53. The molecule has 0 unspecified atom stereocenters. The summed E-state index contributed by atoms with van der Waals surface area (Å²) in [6, 6.07) is 3.82. The Kier molecular flexibility index (Phi) is 4.50. The summed E-state index contributed by atoms with van der Waals surface area (Å²) in [5.41, 5.74) is -0.727. The molecular weight excluding hydrogens is 361 g/mol. The fourth-order valence-electron chi connectivity index (χ4n) is 2.32. The van der Waals surface area contributed by atoms with E-state index in [-0.39, 0.29) is 28.6 Å². The van der Waals surface area contributed by atoms with Crippen molar-refractivity contribution < 1.29 is 18.0 Å². The number of hydrogen-bond acceptors (Lipinski definition) is 5. The molecule has 0 saturated carbocycles. The van der Waals surface area contributed by atoms with Gasteiger partial charge in [-0.2, -0.15) is 18.3 Å². The Hall–Kier alpha value is -3.17. The number of fused-ring (bicyclic) bond motifs is 1. The number of hydrogen-bond donors (Lipinski definition) is 2. The van der Waals surface area contributed by atoms with Crippen molar-refractivity contribution in [2.75, 3.05) is 5.32 Å². The molecule has 27 heavy (non-hydrogen) atoms. The standard InChI is InChI=1S/C17H17F3N6O/c1-16(2,3)25-15(27)11-9-22-26-7-5-13(24-14(11)26)23-10-4-6-21-12(8-10)17(18,19)20/h4-9H,1-3H3,(H,25,27)(H,21,23,24). The number of amides is 1. The average molecular weight is 378 g/mol. The summed E-state index contributed by atoms with van der Waals surface area (Å²) >= 11 is 0. The van der Waals surface area contributed by atoms with Crippen LogP contribution in [0.1, 0.15) is 36.8 Å². The lowest BCUT2D eigenvalue weighted by Crippen LogP contribution is -2.40. The van der Waals surface area contributed by atoms with E-state index in [0.717, 1.165) is 12.3 Å². The summed E-state index contributed by atoms with van der Waals surface area (Å²) < 4.78 is 39.8. The van der Waals surface area contributed by atoms with Crippen molar-refractivity contribution in [2.24, 2.45) is 0 Å². The van der Waals surface area contributed by atoms with Gasteiger partial charge < -0.3 is 10.6 Å². The minimum atomic E-state index is -4.54. The number of anilines is 2. The number of nitrogens with zero attached hydrogens (tertiary/aromatic N) is 4. The number of pyridine rings is 1. The number of rotatable bonds is 3. The van der Waals surface area contributed by atoms with Crippen molar-refractivity contribution >= 4 is 23.1 Å². The van der Waals surface area contributed by atoms with Crippen LogP contribution in [-0.2, 0) is 6.18 Å². The number of carbonyl (C=O) groups is 1. The van der Waals surface area contributed by atoms with Crippen molar-refractivity contribution in [2.45, 2.75) is 32.5 Å². The largest absolute Gasteiger partial charge is 0.433 e. The number of nitrogens with one attached hydrogen (secondary N) is 2. The van der Waals surface area contributed by atoms with Crippen LogP contribution in [-0.4, -0.2) is 31.0 Å². The monoisotopic (exact) mass is 378 g/mol. The second-order valence-corrected chi connectivity index (χ2v) is 6.90. The molecule has 1 amide bonds. The first-order chi connectivity index (χ1) is 12.5. The molecule has 0 aromatic carbocycles. The molecule has 0 saturated heterocycles. The highest BCUT2D eigenvalue weighted by molar-refractivity contribution is 6.00.